The number of nitrogens with one attached hydrogen (secondary N) is 1. The fourth-order valence-corrected chi connectivity index (χ4v) is 3.05. The van der Waals surface area contributed by atoms with E-state index in [4.69, 9.17) is 0 Å². The Bertz CT molecular complexity index is 1060. The van der Waals surface area contributed by atoms with E-state index in [-0.39, 0.29) is 5.91 Å². The first-order valence-corrected chi connectivity index (χ1v) is 8.93. The standard InChI is InChI=1S/C23H19N3O/c27-23(25-14-13-17-7-3-1-4-8-17)21-12-11-19-15-24-16-20(22(19)26-21)18-9-5-2-6-10-18/h1-12,15-16H,13-14H2,(H,25,27). The summed E-state index contributed by atoms with van der Waals surface area (Å²) in [5.74, 6) is -0.163. The average molecular weight is 353 g/mol. The van der Waals surface area contributed by atoms with Gasteiger partial charge in [-0.3, -0.25) is 9.78 Å². The highest BCUT2D eigenvalue weighted by Gasteiger charge is 2.11. The van der Waals surface area contributed by atoms with Gasteiger partial charge in [0.25, 0.3) is 5.91 Å². The van der Waals surface area contributed by atoms with Crippen molar-refractivity contribution in [3.05, 3.63) is 96.4 Å². The lowest BCUT2D eigenvalue weighted by Gasteiger charge is -2.08. The summed E-state index contributed by atoms with van der Waals surface area (Å²) in [6.07, 6.45) is 4.35. The van der Waals surface area contributed by atoms with Crippen LogP contribution in [0.5, 0.6) is 0 Å². The fraction of sp³-hybridized carbons (Fsp3) is 0.0870. The highest BCUT2D eigenvalue weighted by atomic mass is 16.1. The number of carbonyl (C=O) groups is 1. The van der Waals surface area contributed by atoms with Gasteiger partial charge in [0.15, 0.2) is 0 Å². The van der Waals surface area contributed by atoms with Gasteiger partial charge in [-0.2, -0.15) is 0 Å². The van der Waals surface area contributed by atoms with E-state index in [0.717, 1.165) is 28.5 Å². The minimum Gasteiger partial charge on any atom is -0.350 e. The third-order valence-electron chi connectivity index (χ3n) is 4.46. The van der Waals surface area contributed by atoms with E-state index < -0.39 is 0 Å². The van der Waals surface area contributed by atoms with Gasteiger partial charge < -0.3 is 5.32 Å². The molecule has 4 nitrogen and oxygen atoms in total. The number of amides is 1. The molecule has 0 spiro atoms. The van der Waals surface area contributed by atoms with E-state index >= 15 is 0 Å². The lowest BCUT2D eigenvalue weighted by atomic mass is 10.0. The number of aromatic nitrogens is 2. The van der Waals surface area contributed by atoms with Crippen LogP contribution in [0.2, 0.25) is 0 Å². The Morgan fingerprint density at radius 3 is 2.37 bits per heavy atom. The van der Waals surface area contributed by atoms with Gasteiger partial charge in [-0.05, 0) is 29.7 Å². The zero-order chi connectivity index (χ0) is 18.5. The summed E-state index contributed by atoms with van der Waals surface area (Å²) in [4.78, 5) is 21.5. The van der Waals surface area contributed by atoms with Crippen LogP contribution in [0, 0.1) is 0 Å². The smallest absolute Gasteiger partial charge is 0.269 e. The maximum absolute atomic E-state index is 12.5. The molecular formula is C23H19N3O. The number of carbonyl (C=O) groups excluding carboxylic acids is 1. The van der Waals surface area contributed by atoms with Crippen molar-refractivity contribution >= 4 is 16.8 Å². The second-order valence-electron chi connectivity index (χ2n) is 6.31. The number of fused-ring (bicyclic) bond motifs is 1. The topological polar surface area (TPSA) is 54.9 Å². The molecule has 0 bridgehead atoms. The van der Waals surface area contributed by atoms with Crippen molar-refractivity contribution < 1.29 is 4.79 Å². The molecule has 4 aromatic rings. The number of rotatable bonds is 5. The third-order valence-corrected chi connectivity index (χ3v) is 4.46. The zero-order valence-electron chi connectivity index (χ0n) is 14.8. The number of nitrogens with zero attached hydrogens (tertiary/aromatic N) is 2. The van der Waals surface area contributed by atoms with Gasteiger partial charge in [0.2, 0.25) is 0 Å². The van der Waals surface area contributed by atoms with Gasteiger partial charge in [0, 0.05) is 29.9 Å². The Morgan fingerprint density at radius 2 is 1.59 bits per heavy atom. The average Bonchev–Trinajstić information content (AvgIpc) is 2.74. The zero-order valence-corrected chi connectivity index (χ0v) is 14.8. The van der Waals surface area contributed by atoms with Crippen LogP contribution in [-0.2, 0) is 6.42 Å². The van der Waals surface area contributed by atoms with Crippen molar-refractivity contribution in [2.24, 2.45) is 0 Å². The third kappa shape index (κ3) is 3.85. The van der Waals surface area contributed by atoms with Crippen molar-refractivity contribution in [1.29, 1.82) is 0 Å². The molecule has 4 heteroatoms. The SMILES string of the molecule is O=C(NCCc1ccccc1)c1ccc2cncc(-c3ccccc3)c2n1. The molecule has 0 saturated carbocycles. The first-order chi connectivity index (χ1) is 13.3. The lowest BCUT2D eigenvalue weighted by Crippen LogP contribution is -2.26. The van der Waals surface area contributed by atoms with E-state index in [2.05, 4.69) is 27.4 Å². The summed E-state index contributed by atoms with van der Waals surface area (Å²) in [5, 5.41) is 3.87. The fourth-order valence-electron chi connectivity index (χ4n) is 3.05. The van der Waals surface area contributed by atoms with Gasteiger partial charge in [-0.1, -0.05) is 60.7 Å². The second-order valence-corrected chi connectivity index (χ2v) is 6.31. The number of hydrogen-bond donors (Lipinski definition) is 1. The van der Waals surface area contributed by atoms with Crippen LogP contribution < -0.4 is 5.32 Å². The molecule has 27 heavy (non-hydrogen) atoms. The molecule has 0 aliphatic carbocycles. The van der Waals surface area contributed by atoms with Crippen LogP contribution in [0.4, 0.5) is 0 Å². The van der Waals surface area contributed by atoms with E-state index in [1.54, 1.807) is 18.5 Å². The molecule has 1 amide bonds. The molecule has 0 fully saturated rings. The van der Waals surface area contributed by atoms with Gasteiger partial charge in [0.05, 0.1) is 5.52 Å². The molecule has 1 N–H and O–H groups in total. The molecule has 0 atom stereocenters. The molecule has 0 saturated heterocycles. The van der Waals surface area contributed by atoms with E-state index in [1.165, 1.54) is 5.56 Å². The maximum Gasteiger partial charge on any atom is 0.269 e. The largest absolute Gasteiger partial charge is 0.350 e. The Balaban J connectivity index is 1.56. The highest BCUT2D eigenvalue weighted by molar-refractivity contribution is 5.98. The minimum absolute atomic E-state index is 0.163. The predicted octanol–water partition coefficient (Wildman–Crippen LogP) is 4.27. The highest BCUT2D eigenvalue weighted by Crippen LogP contribution is 2.26. The molecule has 2 aromatic carbocycles. The molecule has 0 radical (unpaired) electrons. The summed E-state index contributed by atoms with van der Waals surface area (Å²) >= 11 is 0. The summed E-state index contributed by atoms with van der Waals surface area (Å²) in [7, 11) is 0. The van der Waals surface area contributed by atoms with E-state index in [9.17, 15) is 4.79 Å². The maximum atomic E-state index is 12.5. The first-order valence-electron chi connectivity index (χ1n) is 8.93. The van der Waals surface area contributed by atoms with Crippen molar-refractivity contribution in [2.75, 3.05) is 6.54 Å². The number of hydrogen-bond acceptors (Lipinski definition) is 3. The molecule has 0 aliphatic rings. The van der Waals surface area contributed by atoms with Crippen molar-refractivity contribution in [1.82, 2.24) is 15.3 Å². The number of benzene rings is 2. The van der Waals surface area contributed by atoms with Crippen LogP contribution in [0.3, 0.4) is 0 Å². The first kappa shape index (κ1) is 16.9. The second kappa shape index (κ2) is 7.79. The Morgan fingerprint density at radius 1 is 0.852 bits per heavy atom. The van der Waals surface area contributed by atoms with Crippen LogP contribution in [0.15, 0.2) is 85.2 Å². The Kier molecular flexibility index (Phi) is 4.88. The predicted molar refractivity (Wildman–Crippen MR) is 107 cm³/mol. The molecule has 2 aromatic heterocycles. The molecule has 2 heterocycles. The number of pyridine rings is 2. The molecular weight excluding hydrogens is 334 g/mol. The molecule has 132 valence electrons. The van der Waals surface area contributed by atoms with E-state index in [1.807, 2.05) is 54.6 Å². The van der Waals surface area contributed by atoms with Crippen molar-refractivity contribution in [2.45, 2.75) is 6.42 Å². The van der Waals surface area contributed by atoms with E-state index in [0.29, 0.717) is 12.2 Å². The van der Waals surface area contributed by atoms with Gasteiger partial charge >= 0.3 is 0 Å². The van der Waals surface area contributed by atoms with Crippen LogP contribution in [0.1, 0.15) is 16.1 Å². The molecule has 0 unspecified atom stereocenters. The Hall–Kier alpha value is -3.53. The van der Waals surface area contributed by atoms with Gasteiger partial charge in [-0.25, -0.2) is 4.98 Å². The lowest BCUT2D eigenvalue weighted by molar-refractivity contribution is 0.0949. The quantitative estimate of drug-likeness (QED) is 0.583. The van der Waals surface area contributed by atoms with Gasteiger partial charge in [-0.15, -0.1) is 0 Å². The van der Waals surface area contributed by atoms with Crippen molar-refractivity contribution in [3.63, 3.8) is 0 Å². The summed E-state index contributed by atoms with van der Waals surface area (Å²) < 4.78 is 0. The molecule has 4 rings (SSSR count). The summed E-state index contributed by atoms with van der Waals surface area (Å²) in [6, 6.07) is 23.7. The molecule has 0 aliphatic heterocycles. The minimum atomic E-state index is -0.163. The summed E-state index contributed by atoms with van der Waals surface area (Å²) in [6.45, 7) is 0.574. The van der Waals surface area contributed by atoms with Crippen LogP contribution in [0.25, 0.3) is 22.0 Å². The van der Waals surface area contributed by atoms with Crippen LogP contribution >= 0.6 is 0 Å². The normalized spacial score (nSPS) is 10.7. The summed E-state index contributed by atoms with van der Waals surface area (Å²) in [5.41, 5.74) is 4.35. The monoisotopic (exact) mass is 353 g/mol. The van der Waals surface area contributed by atoms with Crippen molar-refractivity contribution in [3.8, 4) is 11.1 Å². The Labute approximate surface area is 157 Å². The van der Waals surface area contributed by atoms with Crippen LogP contribution in [-0.4, -0.2) is 22.4 Å². The van der Waals surface area contributed by atoms with Gasteiger partial charge in [0.1, 0.15) is 5.69 Å².